The largest absolute Gasteiger partial charge is 0.385 e. The van der Waals surface area contributed by atoms with Crippen LogP contribution in [0.2, 0.25) is 0 Å². The average molecular weight is 438 g/mol. The summed E-state index contributed by atoms with van der Waals surface area (Å²) in [5.74, 6) is 0. The third-order valence-corrected chi connectivity index (χ3v) is 5.70. The van der Waals surface area contributed by atoms with Gasteiger partial charge in [0.2, 0.25) is 0 Å². The van der Waals surface area contributed by atoms with Crippen molar-refractivity contribution < 1.29 is 9.66 Å². The van der Waals surface area contributed by atoms with Gasteiger partial charge >= 0.3 is 0 Å². The first kappa shape index (κ1) is 21.0. The highest BCUT2D eigenvalue weighted by atomic mass is 32.1. The van der Waals surface area contributed by atoms with Gasteiger partial charge in [0.15, 0.2) is 5.11 Å². The highest BCUT2D eigenvalue weighted by Gasteiger charge is 2.41. The first-order valence-corrected chi connectivity index (χ1v) is 10.4. The number of rotatable bonds is 8. The van der Waals surface area contributed by atoms with Crippen LogP contribution in [0.25, 0.3) is 5.69 Å². The summed E-state index contributed by atoms with van der Waals surface area (Å²) >= 11 is 5.68. The van der Waals surface area contributed by atoms with Crippen molar-refractivity contribution >= 4 is 23.0 Å². The number of non-ortho nitro benzene ring substituents is 1. The number of aromatic nitrogens is 2. The van der Waals surface area contributed by atoms with E-state index in [0.717, 1.165) is 23.5 Å². The molecule has 8 nitrogen and oxygen atoms in total. The molecule has 9 heteroatoms. The Labute approximate surface area is 185 Å². The predicted molar refractivity (Wildman–Crippen MR) is 121 cm³/mol. The number of nitro groups is 1. The quantitative estimate of drug-likeness (QED) is 0.248. The molecule has 0 spiro atoms. The molecule has 0 bridgehead atoms. The van der Waals surface area contributed by atoms with E-state index in [1.807, 2.05) is 47.2 Å². The van der Waals surface area contributed by atoms with Crippen LogP contribution in [0.1, 0.15) is 29.9 Å². The highest BCUT2D eigenvalue weighted by molar-refractivity contribution is 7.80. The molecule has 1 aliphatic rings. The van der Waals surface area contributed by atoms with E-state index in [-0.39, 0.29) is 22.7 Å². The third kappa shape index (κ3) is 4.28. The van der Waals surface area contributed by atoms with Gasteiger partial charge in [-0.2, -0.15) is 0 Å². The van der Waals surface area contributed by atoms with Crippen LogP contribution in [0, 0.1) is 10.1 Å². The van der Waals surface area contributed by atoms with Gasteiger partial charge in [-0.15, -0.1) is 0 Å². The second-order valence-electron chi connectivity index (χ2n) is 7.25. The lowest BCUT2D eigenvalue weighted by Gasteiger charge is -2.29. The predicted octanol–water partition coefficient (Wildman–Crippen LogP) is 3.79. The van der Waals surface area contributed by atoms with Crippen molar-refractivity contribution in [3.63, 3.8) is 0 Å². The molecule has 1 aliphatic heterocycles. The summed E-state index contributed by atoms with van der Waals surface area (Å²) in [5, 5.41) is 15.4. The lowest BCUT2D eigenvalue weighted by Crippen LogP contribution is -2.32. The molecule has 0 aliphatic carbocycles. The first-order valence-electron chi connectivity index (χ1n) is 9.99. The Morgan fingerprint density at radius 3 is 2.84 bits per heavy atom. The summed E-state index contributed by atoms with van der Waals surface area (Å²) in [6.07, 6.45) is 4.50. The molecule has 1 saturated heterocycles. The van der Waals surface area contributed by atoms with Gasteiger partial charge in [0.25, 0.3) is 5.69 Å². The molecule has 2 aromatic heterocycles. The molecule has 31 heavy (non-hydrogen) atoms. The number of hydrogen-bond donors (Lipinski definition) is 1. The minimum atomic E-state index is -0.382. The molecule has 160 valence electrons. The Hall–Kier alpha value is -3.30. The van der Waals surface area contributed by atoms with Crippen molar-refractivity contribution in [1.29, 1.82) is 0 Å². The van der Waals surface area contributed by atoms with Gasteiger partial charge in [-0.05, 0) is 49.0 Å². The van der Waals surface area contributed by atoms with Crippen molar-refractivity contribution in [2.45, 2.75) is 18.5 Å². The highest BCUT2D eigenvalue weighted by Crippen LogP contribution is 2.39. The van der Waals surface area contributed by atoms with Gasteiger partial charge in [0, 0.05) is 50.5 Å². The molecular formula is C22H23N5O3S. The number of pyridine rings is 1. The van der Waals surface area contributed by atoms with Crippen LogP contribution in [-0.2, 0) is 4.74 Å². The van der Waals surface area contributed by atoms with E-state index in [4.69, 9.17) is 17.0 Å². The zero-order valence-electron chi connectivity index (χ0n) is 17.0. The SMILES string of the molecule is COCCCN1C(=S)NC(c2ccccn2)C1c1cccn1-c1cccc([N+](=O)[O-])c1. The standard InChI is InChI=1S/C22H23N5O3S/c1-30-14-6-13-26-21(20(24-22(26)31)18-9-2-3-11-23-18)19-10-5-12-25(19)16-7-4-8-17(15-16)27(28)29/h2-5,7-12,15,20-21H,6,13-14H2,1H3,(H,24,31). The van der Waals surface area contributed by atoms with Gasteiger partial charge in [-0.3, -0.25) is 15.1 Å². The lowest BCUT2D eigenvalue weighted by molar-refractivity contribution is -0.384. The molecule has 0 saturated carbocycles. The molecule has 3 aromatic rings. The Bertz CT molecular complexity index is 1070. The van der Waals surface area contributed by atoms with Crippen LogP contribution in [0.3, 0.4) is 0 Å². The third-order valence-electron chi connectivity index (χ3n) is 5.35. The number of hydrogen-bond acceptors (Lipinski definition) is 5. The molecule has 0 amide bonds. The number of methoxy groups -OCH3 is 1. The smallest absolute Gasteiger partial charge is 0.271 e. The van der Waals surface area contributed by atoms with Crippen LogP contribution < -0.4 is 5.32 Å². The summed E-state index contributed by atoms with van der Waals surface area (Å²) in [5.41, 5.74) is 2.64. The van der Waals surface area contributed by atoms with E-state index in [2.05, 4.69) is 15.2 Å². The number of nitrogens with one attached hydrogen (secondary N) is 1. The van der Waals surface area contributed by atoms with Gasteiger partial charge < -0.3 is 19.5 Å². The molecule has 0 radical (unpaired) electrons. The van der Waals surface area contributed by atoms with Crippen LogP contribution in [0.15, 0.2) is 67.0 Å². The minimum absolute atomic E-state index is 0.0513. The fourth-order valence-corrected chi connectivity index (χ4v) is 4.31. The topological polar surface area (TPSA) is 85.5 Å². The number of benzene rings is 1. The van der Waals surface area contributed by atoms with Gasteiger partial charge in [0.1, 0.15) is 0 Å². The Kier molecular flexibility index (Phi) is 6.24. The van der Waals surface area contributed by atoms with Crippen molar-refractivity contribution in [3.05, 3.63) is 88.5 Å². The zero-order chi connectivity index (χ0) is 21.8. The van der Waals surface area contributed by atoms with Crippen molar-refractivity contribution in [1.82, 2.24) is 19.8 Å². The first-order chi connectivity index (χ1) is 15.1. The molecule has 3 heterocycles. The van der Waals surface area contributed by atoms with Crippen LogP contribution in [0.5, 0.6) is 0 Å². The molecule has 1 N–H and O–H groups in total. The summed E-state index contributed by atoms with van der Waals surface area (Å²) in [6.45, 7) is 1.35. The Morgan fingerprint density at radius 1 is 1.23 bits per heavy atom. The minimum Gasteiger partial charge on any atom is -0.385 e. The van der Waals surface area contributed by atoms with Crippen LogP contribution >= 0.6 is 12.2 Å². The number of nitrogens with zero attached hydrogens (tertiary/aromatic N) is 4. The van der Waals surface area contributed by atoms with E-state index in [0.29, 0.717) is 18.3 Å². The molecule has 2 atom stereocenters. The number of nitro benzene ring substituents is 1. The summed E-state index contributed by atoms with van der Waals surface area (Å²) in [6, 6.07) is 16.1. The second kappa shape index (κ2) is 9.23. The van der Waals surface area contributed by atoms with Crippen molar-refractivity contribution in [2.75, 3.05) is 20.3 Å². The maximum Gasteiger partial charge on any atom is 0.271 e. The summed E-state index contributed by atoms with van der Waals surface area (Å²) in [4.78, 5) is 17.6. The lowest BCUT2D eigenvalue weighted by atomic mass is 10.0. The van der Waals surface area contributed by atoms with E-state index in [1.54, 1.807) is 25.4 Å². The fourth-order valence-electron chi connectivity index (χ4n) is 3.97. The van der Waals surface area contributed by atoms with Gasteiger partial charge in [-0.1, -0.05) is 12.1 Å². The molecule has 4 rings (SSSR count). The Morgan fingerprint density at radius 2 is 2.10 bits per heavy atom. The molecule has 2 unspecified atom stereocenters. The van der Waals surface area contributed by atoms with Gasteiger partial charge in [0.05, 0.1) is 28.4 Å². The van der Waals surface area contributed by atoms with Gasteiger partial charge in [-0.25, -0.2) is 0 Å². The van der Waals surface area contributed by atoms with Crippen LogP contribution in [-0.4, -0.2) is 44.7 Å². The normalized spacial score (nSPS) is 18.2. The van der Waals surface area contributed by atoms with E-state index in [1.165, 1.54) is 6.07 Å². The molecule has 1 aromatic carbocycles. The van der Waals surface area contributed by atoms with E-state index in [9.17, 15) is 10.1 Å². The van der Waals surface area contributed by atoms with Crippen LogP contribution in [0.4, 0.5) is 5.69 Å². The fraction of sp³-hybridized carbons (Fsp3) is 0.273. The maximum absolute atomic E-state index is 11.3. The Balaban J connectivity index is 1.77. The van der Waals surface area contributed by atoms with Crippen molar-refractivity contribution in [3.8, 4) is 5.69 Å². The number of ether oxygens (including phenoxy) is 1. The average Bonchev–Trinajstić information content (AvgIpc) is 3.39. The molecule has 1 fully saturated rings. The summed E-state index contributed by atoms with van der Waals surface area (Å²) < 4.78 is 7.21. The van der Waals surface area contributed by atoms with E-state index < -0.39 is 0 Å². The second-order valence-corrected chi connectivity index (χ2v) is 7.63. The summed E-state index contributed by atoms with van der Waals surface area (Å²) in [7, 11) is 1.68. The van der Waals surface area contributed by atoms with Crippen molar-refractivity contribution in [2.24, 2.45) is 0 Å². The monoisotopic (exact) mass is 437 g/mol. The maximum atomic E-state index is 11.3. The molecular weight excluding hydrogens is 414 g/mol. The number of thiocarbonyl (C=S) groups is 1. The zero-order valence-corrected chi connectivity index (χ0v) is 17.9. The van der Waals surface area contributed by atoms with E-state index >= 15 is 0 Å².